The van der Waals surface area contributed by atoms with E-state index in [0.717, 1.165) is 25.0 Å². The molecule has 2 aliphatic rings. The molecule has 1 N–H and O–H groups in total. The van der Waals surface area contributed by atoms with Crippen molar-refractivity contribution in [2.45, 2.75) is 51.5 Å². The standard InChI is InChI=1S/C18H23NO/c1-18(2)12-14-9-5-6-10-15(14)16(19-18)11-17(20)13-7-3-4-8-13/h5-6,9-11,13,19H,3-4,7-8,12H2,1-2H3/b16-11-. The van der Waals surface area contributed by atoms with Crippen molar-refractivity contribution in [3.05, 3.63) is 41.5 Å². The van der Waals surface area contributed by atoms with E-state index in [2.05, 4.69) is 37.4 Å². The Labute approximate surface area is 121 Å². The van der Waals surface area contributed by atoms with Crippen LogP contribution in [0, 0.1) is 5.92 Å². The molecule has 1 fully saturated rings. The molecular weight excluding hydrogens is 246 g/mol. The van der Waals surface area contributed by atoms with E-state index in [0.29, 0.717) is 5.78 Å². The topological polar surface area (TPSA) is 29.1 Å². The van der Waals surface area contributed by atoms with Gasteiger partial charge in [-0.3, -0.25) is 4.79 Å². The minimum atomic E-state index is 0.0101. The van der Waals surface area contributed by atoms with Crippen molar-refractivity contribution < 1.29 is 4.79 Å². The molecule has 106 valence electrons. The van der Waals surface area contributed by atoms with Gasteiger partial charge in [0.25, 0.3) is 0 Å². The van der Waals surface area contributed by atoms with Crippen molar-refractivity contribution in [3.63, 3.8) is 0 Å². The molecule has 3 rings (SSSR count). The molecule has 1 heterocycles. The molecule has 0 spiro atoms. The highest BCUT2D eigenvalue weighted by atomic mass is 16.1. The van der Waals surface area contributed by atoms with Gasteiger partial charge in [0.1, 0.15) is 0 Å². The Kier molecular flexibility index (Phi) is 3.41. The molecule has 0 atom stereocenters. The number of carbonyl (C=O) groups is 1. The quantitative estimate of drug-likeness (QED) is 0.829. The lowest BCUT2D eigenvalue weighted by molar-refractivity contribution is -0.117. The van der Waals surface area contributed by atoms with Crippen LogP contribution in [0.4, 0.5) is 0 Å². The van der Waals surface area contributed by atoms with Gasteiger partial charge in [-0.25, -0.2) is 0 Å². The van der Waals surface area contributed by atoms with Crippen molar-refractivity contribution in [3.8, 4) is 0 Å². The van der Waals surface area contributed by atoms with Gasteiger partial charge in [0.15, 0.2) is 5.78 Å². The van der Waals surface area contributed by atoms with Crippen LogP contribution in [0.5, 0.6) is 0 Å². The number of hydrogen-bond donors (Lipinski definition) is 1. The van der Waals surface area contributed by atoms with Gasteiger partial charge in [-0.1, -0.05) is 37.1 Å². The fourth-order valence-electron chi connectivity index (χ4n) is 3.47. The number of ketones is 1. The van der Waals surface area contributed by atoms with Gasteiger partial charge in [0.2, 0.25) is 0 Å². The van der Waals surface area contributed by atoms with Gasteiger partial charge in [-0.15, -0.1) is 0 Å². The maximum atomic E-state index is 12.4. The number of rotatable bonds is 2. The molecule has 20 heavy (non-hydrogen) atoms. The smallest absolute Gasteiger partial charge is 0.160 e. The zero-order valence-corrected chi connectivity index (χ0v) is 12.4. The molecule has 0 bridgehead atoms. The van der Waals surface area contributed by atoms with Gasteiger partial charge < -0.3 is 5.32 Å². The Morgan fingerprint density at radius 1 is 1.25 bits per heavy atom. The van der Waals surface area contributed by atoms with E-state index in [1.165, 1.54) is 24.0 Å². The second-order valence-electron chi connectivity index (χ2n) is 6.78. The number of hydrogen-bond acceptors (Lipinski definition) is 2. The number of carbonyl (C=O) groups excluding carboxylic acids is 1. The summed E-state index contributed by atoms with van der Waals surface area (Å²) < 4.78 is 0. The highest BCUT2D eigenvalue weighted by Crippen LogP contribution is 2.31. The Morgan fingerprint density at radius 2 is 1.95 bits per heavy atom. The predicted molar refractivity (Wildman–Crippen MR) is 82.3 cm³/mol. The van der Waals surface area contributed by atoms with Crippen molar-refractivity contribution >= 4 is 11.5 Å². The summed E-state index contributed by atoms with van der Waals surface area (Å²) in [7, 11) is 0. The first kappa shape index (κ1) is 13.4. The molecule has 2 heteroatoms. The molecule has 1 aromatic rings. The fraction of sp³-hybridized carbons (Fsp3) is 0.500. The van der Waals surface area contributed by atoms with E-state index in [9.17, 15) is 4.79 Å². The van der Waals surface area contributed by atoms with Crippen LogP contribution in [0.1, 0.15) is 50.7 Å². The van der Waals surface area contributed by atoms with Crippen molar-refractivity contribution in [2.75, 3.05) is 0 Å². The third kappa shape index (κ3) is 2.65. The van der Waals surface area contributed by atoms with Crippen LogP contribution in [-0.2, 0) is 11.2 Å². The van der Waals surface area contributed by atoms with E-state index in [1.54, 1.807) is 0 Å². The molecule has 1 aromatic carbocycles. The Bertz CT molecular complexity index is 550. The highest BCUT2D eigenvalue weighted by molar-refractivity contribution is 5.98. The van der Waals surface area contributed by atoms with Crippen LogP contribution in [0.15, 0.2) is 30.3 Å². The number of benzene rings is 1. The minimum Gasteiger partial charge on any atom is -0.379 e. The lowest BCUT2D eigenvalue weighted by Crippen LogP contribution is -2.43. The fourth-order valence-corrected chi connectivity index (χ4v) is 3.47. The molecule has 0 radical (unpaired) electrons. The molecular formula is C18H23NO. The maximum absolute atomic E-state index is 12.4. The predicted octanol–water partition coefficient (Wildman–Crippen LogP) is 3.71. The maximum Gasteiger partial charge on any atom is 0.160 e. The van der Waals surface area contributed by atoms with Crippen LogP contribution in [0.3, 0.4) is 0 Å². The summed E-state index contributed by atoms with van der Waals surface area (Å²) in [6.07, 6.45) is 7.39. The van der Waals surface area contributed by atoms with Crippen LogP contribution in [0.25, 0.3) is 5.70 Å². The normalized spacial score (nSPS) is 23.4. The first-order valence-corrected chi connectivity index (χ1v) is 7.67. The number of nitrogens with one attached hydrogen (secondary N) is 1. The van der Waals surface area contributed by atoms with E-state index >= 15 is 0 Å². The third-order valence-corrected chi connectivity index (χ3v) is 4.46. The van der Waals surface area contributed by atoms with Crippen molar-refractivity contribution in [2.24, 2.45) is 5.92 Å². The molecule has 1 aliphatic heterocycles. The van der Waals surface area contributed by atoms with Gasteiger partial charge in [0, 0.05) is 28.8 Å². The number of allylic oxidation sites excluding steroid dienone is 1. The first-order chi connectivity index (χ1) is 9.55. The van der Waals surface area contributed by atoms with Gasteiger partial charge >= 0.3 is 0 Å². The average Bonchev–Trinajstić information content (AvgIpc) is 2.91. The summed E-state index contributed by atoms with van der Waals surface area (Å²) in [6, 6.07) is 8.42. The lowest BCUT2D eigenvalue weighted by atomic mass is 9.85. The largest absolute Gasteiger partial charge is 0.379 e. The molecule has 2 nitrogen and oxygen atoms in total. The van der Waals surface area contributed by atoms with E-state index in [1.807, 2.05) is 12.1 Å². The second kappa shape index (κ2) is 5.08. The summed E-state index contributed by atoms with van der Waals surface area (Å²) in [5.41, 5.74) is 3.55. The monoisotopic (exact) mass is 269 g/mol. The zero-order valence-electron chi connectivity index (χ0n) is 12.4. The van der Waals surface area contributed by atoms with Gasteiger partial charge in [-0.2, -0.15) is 0 Å². The van der Waals surface area contributed by atoms with E-state index in [-0.39, 0.29) is 11.5 Å². The van der Waals surface area contributed by atoms with Crippen LogP contribution < -0.4 is 5.32 Å². The highest BCUT2D eigenvalue weighted by Gasteiger charge is 2.29. The van der Waals surface area contributed by atoms with Crippen LogP contribution in [0.2, 0.25) is 0 Å². The van der Waals surface area contributed by atoms with E-state index in [4.69, 9.17) is 0 Å². The van der Waals surface area contributed by atoms with Gasteiger partial charge in [0.05, 0.1) is 0 Å². The summed E-state index contributed by atoms with van der Waals surface area (Å²) in [5, 5.41) is 3.54. The summed E-state index contributed by atoms with van der Waals surface area (Å²) in [6.45, 7) is 4.38. The molecule has 1 aliphatic carbocycles. The van der Waals surface area contributed by atoms with Crippen molar-refractivity contribution in [1.29, 1.82) is 0 Å². The SMILES string of the molecule is CC1(C)Cc2ccccc2/C(=C/C(=O)C2CCCC2)N1. The van der Waals surface area contributed by atoms with Crippen molar-refractivity contribution in [1.82, 2.24) is 5.32 Å². The summed E-state index contributed by atoms with van der Waals surface area (Å²) >= 11 is 0. The Balaban J connectivity index is 1.93. The molecule has 0 saturated heterocycles. The summed E-state index contributed by atoms with van der Waals surface area (Å²) in [5.74, 6) is 0.555. The zero-order chi connectivity index (χ0) is 14.2. The number of fused-ring (bicyclic) bond motifs is 1. The Hall–Kier alpha value is -1.57. The minimum absolute atomic E-state index is 0.0101. The second-order valence-corrected chi connectivity index (χ2v) is 6.78. The third-order valence-electron chi connectivity index (χ3n) is 4.46. The summed E-state index contributed by atoms with van der Waals surface area (Å²) in [4.78, 5) is 12.4. The van der Waals surface area contributed by atoms with E-state index < -0.39 is 0 Å². The molecule has 0 aromatic heterocycles. The lowest BCUT2D eigenvalue weighted by Gasteiger charge is -2.35. The average molecular weight is 269 g/mol. The first-order valence-electron chi connectivity index (χ1n) is 7.67. The molecule has 1 saturated carbocycles. The van der Waals surface area contributed by atoms with Crippen LogP contribution >= 0.6 is 0 Å². The molecule has 0 unspecified atom stereocenters. The Morgan fingerprint density at radius 3 is 2.70 bits per heavy atom. The van der Waals surface area contributed by atoms with Crippen LogP contribution in [-0.4, -0.2) is 11.3 Å². The molecule has 0 amide bonds. The van der Waals surface area contributed by atoms with Gasteiger partial charge in [-0.05, 0) is 38.7 Å².